The largest absolute Gasteiger partial charge is 0.421 e. The number of hydrogen-bond acceptors (Lipinski definition) is 5. The third-order valence-corrected chi connectivity index (χ3v) is 3.93. The van der Waals surface area contributed by atoms with Crippen LogP contribution in [0.4, 0.5) is 30.6 Å². The van der Waals surface area contributed by atoms with E-state index in [0.717, 1.165) is 23.7 Å². The minimum atomic E-state index is -4.51. The Balaban J connectivity index is 2.27. The summed E-state index contributed by atoms with van der Waals surface area (Å²) >= 11 is 0. The van der Waals surface area contributed by atoms with Crippen LogP contribution in [0.5, 0.6) is 0 Å². The van der Waals surface area contributed by atoms with Crippen molar-refractivity contribution in [3.63, 3.8) is 0 Å². The van der Waals surface area contributed by atoms with Crippen LogP contribution >= 0.6 is 0 Å². The van der Waals surface area contributed by atoms with Crippen LogP contribution in [0.1, 0.15) is 37.0 Å². The predicted molar refractivity (Wildman–Crippen MR) is 98.4 cm³/mol. The lowest BCUT2D eigenvalue weighted by Crippen LogP contribution is -2.12. The van der Waals surface area contributed by atoms with Crippen molar-refractivity contribution in [2.24, 2.45) is 4.99 Å². The van der Waals surface area contributed by atoms with Gasteiger partial charge in [0, 0.05) is 31.2 Å². The molecule has 8 heteroatoms. The minimum Gasteiger partial charge on any atom is -0.372 e. The van der Waals surface area contributed by atoms with Gasteiger partial charge >= 0.3 is 6.18 Å². The number of rotatable bonds is 6. The van der Waals surface area contributed by atoms with Crippen molar-refractivity contribution in [3.8, 4) is 0 Å². The maximum Gasteiger partial charge on any atom is 0.421 e. The van der Waals surface area contributed by atoms with E-state index in [1.165, 1.54) is 7.05 Å². The molecule has 1 heterocycles. The molecule has 0 aliphatic heterocycles. The smallest absolute Gasteiger partial charge is 0.372 e. The fourth-order valence-electron chi connectivity index (χ4n) is 2.14. The van der Waals surface area contributed by atoms with E-state index in [1.54, 1.807) is 6.21 Å². The molecule has 0 bridgehead atoms. The molecule has 1 unspecified atom stereocenters. The van der Waals surface area contributed by atoms with Crippen molar-refractivity contribution in [2.45, 2.75) is 39.4 Å². The van der Waals surface area contributed by atoms with E-state index in [-0.39, 0.29) is 17.8 Å². The topological polar surface area (TPSA) is 62.2 Å². The van der Waals surface area contributed by atoms with Gasteiger partial charge in [0.15, 0.2) is 0 Å². The first-order valence-corrected chi connectivity index (χ1v) is 8.27. The van der Waals surface area contributed by atoms with E-state index in [4.69, 9.17) is 0 Å². The maximum absolute atomic E-state index is 12.9. The molecule has 0 aliphatic rings. The lowest BCUT2D eigenvalue weighted by molar-refractivity contribution is -0.137. The van der Waals surface area contributed by atoms with Gasteiger partial charge in [0.05, 0.1) is 0 Å². The Labute approximate surface area is 150 Å². The van der Waals surface area contributed by atoms with Crippen LogP contribution in [-0.2, 0) is 6.18 Å². The Kier molecular flexibility index (Phi) is 6.18. The molecule has 0 radical (unpaired) electrons. The van der Waals surface area contributed by atoms with E-state index in [1.807, 2.05) is 32.0 Å². The SMILES string of the molecule is CCC(C)N=Cc1cc(Nc2ncc(C(F)(F)F)c(NC)n2)ccc1C. The second-order valence-corrected chi connectivity index (χ2v) is 5.94. The molecule has 0 fully saturated rings. The first-order chi connectivity index (χ1) is 12.2. The Morgan fingerprint density at radius 3 is 2.65 bits per heavy atom. The molecular formula is C18H22F3N5. The normalized spacial score (nSPS) is 13.0. The molecule has 2 rings (SSSR count). The van der Waals surface area contributed by atoms with E-state index in [9.17, 15) is 13.2 Å². The quantitative estimate of drug-likeness (QED) is 0.722. The molecular weight excluding hydrogens is 343 g/mol. The molecule has 5 nitrogen and oxygen atoms in total. The summed E-state index contributed by atoms with van der Waals surface area (Å²) in [4.78, 5) is 12.1. The predicted octanol–water partition coefficient (Wildman–Crippen LogP) is 4.81. The van der Waals surface area contributed by atoms with E-state index < -0.39 is 11.7 Å². The van der Waals surface area contributed by atoms with Crippen LogP contribution in [0.15, 0.2) is 29.4 Å². The van der Waals surface area contributed by atoms with Gasteiger partial charge in [-0.2, -0.15) is 18.2 Å². The summed E-state index contributed by atoms with van der Waals surface area (Å²) in [6, 6.07) is 5.81. The molecule has 0 amide bonds. The summed E-state index contributed by atoms with van der Waals surface area (Å²) in [5.74, 6) is -0.198. The lowest BCUT2D eigenvalue weighted by atomic mass is 10.1. The van der Waals surface area contributed by atoms with Crippen molar-refractivity contribution in [1.29, 1.82) is 0 Å². The number of anilines is 3. The molecule has 1 aromatic heterocycles. The average Bonchev–Trinajstić information content (AvgIpc) is 2.60. The van der Waals surface area contributed by atoms with Gasteiger partial charge in [0.25, 0.3) is 0 Å². The molecule has 0 spiro atoms. The van der Waals surface area contributed by atoms with Crippen molar-refractivity contribution in [1.82, 2.24) is 9.97 Å². The van der Waals surface area contributed by atoms with Crippen LogP contribution < -0.4 is 10.6 Å². The Hall–Kier alpha value is -2.64. The van der Waals surface area contributed by atoms with Gasteiger partial charge < -0.3 is 10.6 Å². The second kappa shape index (κ2) is 8.16. The number of aromatic nitrogens is 2. The minimum absolute atomic E-state index is 0.0796. The number of alkyl halides is 3. The highest BCUT2D eigenvalue weighted by atomic mass is 19.4. The molecule has 26 heavy (non-hydrogen) atoms. The van der Waals surface area contributed by atoms with Gasteiger partial charge in [-0.1, -0.05) is 13.0 Å². The summed E-state index contributed by atoms with van der Waals surface area (Å²) < 4.78 is 38.7. The van der Waals surface area contributed by atoms with Gasteiger partial charge in [-0.3, -0.25) is 4.99 Å². The molecule has 2 N–H and O–H groups in total. The fourth-order valence-corrected chi connectivity index (χ4v) is 2.14. The molecule has 0 saturated carbocycles. The highest BCUT2D eigenvalue weighted by molar-refractivity contribution is 5.84. The number of halogens is 3. The van der Waals surface area contributed by atoms with E-state index in [0.29, 0.717) is 5.69 Å². The lowest BCUT2D eigenvalue weighted by Gasteiger charge is -2.13. The molecule has 0 saturated heterocycles. The Bertz CT molecular complexity index is 787. The van der Waals surface area contributed by atoms with Crippen LogP contribution in [0.25, 0.3) is 0 Å². The number of aliphatic imine (C=N–C) groups is 1. The summed E-state index contributed by atoms with van der Waals surface area (Å²) in [5.41, 5.74) is 1.74. The van der Waals surface area contributed by atoms with Crippen LogP contribution in [0.2, 0.25) is 0 Å². The van der Waals surface area contributed by atoms with Crippen molar-refractivity contribution in [2.75, 3.05) is 17.7 Å². The van der Waals surface area contributed by atoms with Gasteiger partial charge in [-0.15, -0.1) is 0 Å². The maximum atomic E-state index is 12.9. The molecule has 1 aromatic carbocycles. The monoisotopic (exact) mass is 365 g/mol. The van der Waals surface area contributed by atoms with Crippen molar-refractivity contribution in [3.05, 3.63) is 41.1 Å². The average molecular weight is 365 g/mol. The summed E-state index contributed by atoms with van der Waals surface area (Å²) in [7, 11) is 1.39. The molecule has 140 valence electrons. The highest BCUT2D eigenvalue weighted by Crippen LogP contribution is 2.33. The fraction of sp³-hybridized carbons (Fsp3) is 0.389. The first-order valence-electron chi connectivity index (χ1n) is 8.27. The number of benzene rings is 1. The van der Waals surface area contributed by atoms with E-state index in [2.05, 4.69) is 32.5 Å². The third kappa shape index (κ3) is 4.93. The number of nitrogens with one attached hydrogen (secondary N) is 2. The number of hydrogen-bond donors (Lipinski definition) is 2. The third-order valence-electron chi connectivity index (χ3n) is 3.93. The summed E-state index contributed by atoms with van der Waals surface area (Å²) in [6.45, 7) is 6.06. The second-order valence-electron chi connectivity index (χ2n) is 5.94. The molecule has 0 aliphatic carbocycles. The zero-order chi connectivity index (χ0) is 19.3. The van der Waals surface area contributed by atoms with Crippen molar-refractivity contribution >= 4 is 23.7 Å². The molecule has 1 atom stereocenters. The van der Waals surface area contributed by atoms with Crippen molar-refractivity contribution < 1.29 is 13.2 Å². The highest BCUT2D eigenvalue weighted by Gasteiger charge is 2.35. The summed E-state index contributed by atoms with van der Waals surface area (Å²) in [6.07, 6.45) is -0.998. The van der Waals surface area contributed by atoms with Crippen LogP contribution in [-0.4, -0.2) is 29.3 Å². The number of nitrogens with zero attached hydrogens (tertiary/aromatic N) is 3. The first kappa shape index (κ1) is 19.7. The van der Waals surface area contributed by atoms with Crippen LogP contribution in [0, 0.1) is 6.92 Å². The Morgan fingerprint density at radius 2 is 2.04 bits per heavy atom. The van der Waals surface area contributed by atoms with Gasteiger partial charge in [0.1, 0.15) is 11.4 Å². The Morgan fingerprint density at radius 1 is 1.31 bits per heavy atom. The number of aryl methyl sites for hydroxylation is 1. The van der Waals surface area contributed by atoms with Gasteiger partial charge in [0.2, 0.25) is 5.95 Å². The standard InChI is InChI=1S/C18H22F3N5/c1-5-12(3)23-9-13-8-14(7-6-11(13)2)25-17-24-10-15(18(19,20)21)16(22-4)26-17/h6-10,12H,5H2,1-4H3,(H2,22,24,25,26). The van der Waals surface area contributed by atoms with Crippen LogP contribution in [0.3, 0.4) is 0 Å². The zero-order valence-electron chi connectivity index (χ0n) is 15.1. The van der Waals surface area contributed by atoms with Gasteiger partial charge in [-0.05, 0) is 43.5 Å². The van der Waals surface area contributed by atoms with Gasteiger partial charge in [-0.25, -0.2) is 4.98 Å². The van der Waals surface area contributed by atoms with E-state index >= 15 is 0 Å². The summed E-state index contributed by atoms with van der Waals surface area (Å²) in [5, 5.41) is 5.39. The zero-order valence-corrected chi connectivity index (χ0v) is 15.1. The molecule has 2 aromatic rings.